The molecule has 1 aliphatic heterocycles. The third kappa shape index (κ3) is 4.15. The number of hydrogen-bond donors (Lipinski definition) is 1. The minimum Gasteiger partial charge on any atom is -0.329 e. The van der Waals surface area contributed by atoms with Crippen LogP contribution in [-0.2, 0) is 16.5 Å². The Bertz CT molecular complexity index is 893. The highest BCUT2D eigenvalue weighted by atomic mass is 35.5. The quantitative estimate of drug-likeness (QED) is 0.772. The van der Waals surface area contributed by atoms with Crippen molar-refractivity contribution in [2.45, 2.75) is 19.1 Å². The van der Waals surface area contributed by atoms with Crippen LogP contribution in [0.1, 0.15) is 6.42 Å². The lowest BCUT2D eigenvalue weighted by Crippen LogP contribution is -2.34. The van der Waals surface area contributed by atoms with Crippen molar-refractivity contribution < 1.29 is 8.42 Å². The zero-order valence-electron chi connectivity index (χ0n) is 13.0. The lowest BCUT2D eigenvalue weighted by Gasteiger charge is -2.22. The number of benzene rings is 1. The molecule has 6 nitrogen and oxygen atoms in total. The Labute approximate surface area is 155 Å². The van der Waals surface area contributed by atoms with E-state index in [-0.39, 0.29) is 17.5 Å². The normalized spacial score (nSPS) is 19.7. The van der Waals surface area contributed by atoms with E-state index in [2.05, 4.69) is 10.4 Å². The Morgan fingerprint density at radius 3 is 2.92 bits per heavy atom. The van der Waals surface area contributed by atoms with Gasteiger partial charge in [-0.05, 0) is 37.8 Å². The first-order valence-corrected chi connectivity index (χ1v) is 10.8. The highest BCUT2D eigenvalue weighted by molar-refractivity contribution is 7.91. The first-order chi connectivity index (χ1) is 11.3. The number of rotatable bonds is 5. The zero-order chi connectivity index (χ0) is 17.3. The van der Waals surface area contributed by atoms with E-state index in [1.807, 2.05) is 30.1 Å². The van der Waals surface area contributed by atoms with Crippen LogP contribution in [0.15, 0.2) is 24.3 Å². The number of halogens is 1. The first-order valence-electron chi connectivity index (χ1n) is 7.34. The maximum absolute atomic E-state index is 11.6. The van der Waals surface area contributed by atoms with E-state index in [0.717, 1.165) is 5.69 Å². The van der Waals surface area contributed by atoms with Gasteiger partial charge in [-0.3, -0.25) is 4.90 Å². The van der Waals surface area contributed by atoms with Gasteiger partial charge in [-0.2, -0.15) is 0 Å². The predicted octanol–water partition coefficient (Wildman–Crippen LogP) is 3.15. The van der Waals surface area contributed by atoms with Gasteiger partial charge in [-0.25, -0.2) is 13.1 Å². The first kappa shape index (κ1) is 17.8. The van der Waals surface area contributed by atoms with Crippen LogP contribution in [0.4, 0.5) is 10.8 Å². The molecule has 1 aromatic carbocycles. The molecule has 0 spiro atoms. The number of nitrogens with zero attached hydrogens (tertiary/aromatic N) is 3. The molecule has 0 bridgehead atoms. The van der Waals surface area contributed by atoms with E-state index in [4.69, 9.17) is 23.8 Å². The minimum atomic E-state index is -2.90. The molecule has 0 unspecified atom stereocenters. The smallest absolute Gasteiger partial charge is 0.209 e. The number of nitrogens with one attached hydrogen (secondary N) is 1. The van der Waals surface area contributed by atoms with E-state index in [1.54, 1.807) is 10.7 Å². The molecule has 0 amide bonds. The third-order valence-corrected chi connectivity index (χ3v) is 7.21. The van der Waals surface area contributed by atoms with Crippen LogP contribution >= 0.6 is 35.2 Å². The molecule has 1 N–H and O–H groups in total. The molecule has 2 aromatic rings. The second kappa shape index (κ2) is 7.09. The van der Waals surface area contributed by atoms with Crippen LogP contribution in [-0.4, -0.2) is 47.7 Å². The molecule has 1 aromatic heterocycles. The largest absolute Gasteiger partial charge is 0.329 e. The van der Waals surface area contributed by atoms with E-state index >= 15 is 0 Å². The minimum absolute atomic E-state index is 0.0126. The van der Waals surface area contributed by atoms with E-state index in [9.17, 15) is 8.42 Å². The Morgan fingerprint density at radius 1 is 1.50 bits per heavy atom. The van der Waals surface area contributed by atoms with Gasteiger partial charge >= 0.3 is 0 Å². The number of para-hydroxylation sites is 1. The lowest BCUT2D eigenvalue weighted by molar-refractivity contribution is 0.198. The number of hydrogen-bond acceptors (Lipinski definition) is 7. The average Bonchev–Trinajstić information content (AvgIpc) is 3.04. The molecule has 10 heteroatoms. The van der Waals surface area contributed by atoms with E-state index in [0.29, 0.717) is 27.2 Å². The van der Waals surface area contributed by atoms with Gasteiger partial charge in [0.25, 0.3) is 0 Å². The molecule has 0 aliphatic carbocycles. The molecule has 1 atom stereocenters. The Hall–Kier alpha value is -1.00. The fraction of sp³-hybridized carbons (Fsp3) is 0.429. The van der Waals surface area contributed by atoms with Crippen molar-refractivity contribution in [2.75, 3.05) is 23.9 Å². The fourth-order valence-electron chi connectivity index (χ4n) is 2.57. The van der Waals surface area contributed by atoms with Crippen LogP contribution in [0.3, 0.4) is 0 Å². The summed E-state index contributed by atoms with van der Waals surface area (Å²) >= 11 is 12.8. The molecule has 1 fully saturated rings. The highest BCUT2D eigenvalue weighted by Gasteiger charge is 2.30. The molecular weight excluding hydrogens is 388 g/mol. The Morgan fingerprint density at radius 2 is 2.25 bits per heavy atom. The molecule has 2 heterocycles. The highest BCUT2D eigenvalue weighted by Crippen LogP contribution is 2.26. The lowest BCUT2D eigenvalue weighted by atomic mass is 10.2. The second-order valence-electron chi connectivity index (χ2n) is 5.73. The summed E-state index contributed by atoms with van der Waals surface area (Å²) in [6, 6.07) is 7.43. The van der Waals surface area contributed by atoms with Crippen molar-refractivity contribution >= 4 is 55.8 Å². The zero-order valence-corrected chi connectivity index (χ0v) is 16.2. The average molecular weight is 405 g/mol. The molecule has 3 rings (SSSR count). The molecule has 0 radical (unpaired) electrons. The SMILES string of the molecule is CN(Cn1nc(Nc2ccccc2Cl)sc1=S)[C@@H]1CCS(=O)(=O)C1. The van der Waals surface area contributed by atoms with Gasteiger partial charge in [0.15, 0.2) is 13.8 Å². The number of aromatic nitrogens is 2. The van der Waals surface area contributed by atoms with Crippen LogP contribution in [0.25, 0.3) is 0 Å². The maximum atomic E-state index is 11.6. The van der Waals surface area contributed by atoms with Crippen molar-refractivity contribution in [2.24, 2.45) is 0 Å². The van der Waals surface area contributed by atoms with Gasteiger partial charge in [-0.1, -0.05) is 35.1 Å². The predicted molar refractivity (Wildman–Crippen MR) is 100 cm³/mol. The van der Waals surface area contributed by atoms with Crippen molar-refractivity contribution in [3.8, 4) is 0 Å². The third-order valence-electron chi connectivity index (χ3n) is 3.91. The summed E-state index contributed by atoms with van der Waals surface area (Å²) < 4.78 is 25.5. The van der Waals surface area contributed by atoms with Crippen LogP contribution in [0.5, 0.6) is 0 Å². The number of sulfone groups is 1. The van der Waals surface area contributed by atoms with E-state index in [1.165, 1.54) is 11.3 Å². The van der Waals surface area contributed by atoms with Gasteiger partial charge < -0.3 is 5.32 Å². The molecule has 24 heavy (non-hydrogen) atoms. The molecular formula is C14H17ClN4O2S3. The van der Waals surface area contributed by atoms with Gasteiger partial charge in [-0.15, -0.1) is 5.10 Å². The summed E-state index contributed by atoms with van der Waals surface area (Å²) in [4.78, 5) is 1.99. The second-order valence-corrected chi connectivity index (χ2v) is 9.99. The maximum Gasteiger partial charge on any atom is 0.209 e. The molecule has 130 valence electrons. The summed E-state index contributed by atoms with van der Waals surface area (Å²) in [6.45, 7) is 0.458. The summed E-state index contributed by atoms with van der Waals surface area (Å²) in [6.07, 6.45) is 0.654. The molecule has 0 saturated carbocycles. The standard InChI is InChI=1S/C14H17ClN4O2S3/c1-18(10-6-7-24(20,21)8-10)9-19-14(22)23-13(17-19)16-12-5-3-2-4-11(12)15/h2-5,10H,6-9H2,1H3,(H,16,17)/t10-/m1/s1. The molecule has 1 aliphatic rings. The van der Waals surface area contributed by atoms with Gasteiger partial charge in [0.2, 0.25) is 5.13 Å². The van der Waals surface area contributed by atoms with Gasteiger partial charge in [0.1, 0.15) is 0 Å². The Balaban J connectivity index is 1.70. The van der Waals surface area contributed by atoms with Crippen molar-refractivity contribution in [1.29, 1.82) is 0 Å². The van der Waals surface area contributed by atoms with Gasteiger partial charge in [0.05, 0.1) is 28.9 Å². The summed E-state index contributed by atoms with van der Waals surface area (Å²) in [5, 5.41) is 8.89. The van der Waals surface area contributed by atoms with Crippen molar-refractivity contribution in [1.82, 2.24) is 14.7 Å². The summed E-state index contributed by atoms with van der Waals surface area (Å²) in [5.41, 5.74) is 0.769. The van der Waals surface area contributed by atoms with Crippen LogP contribution < -0.4 is 5.32 Å². The summed E-state index contributed by atoms with van der Waals surface area (Å²) in [5.74, 6) is 0.454. The van der Waals surface area contributed by atoms with E-state index < -0.39 is 9.84 Å². The fourth-order valence-corrected chi connectivity index (χ4v) is 5.57. The number of anilines is 2. The van der Waals surface area contributed by atoms with Crippen LogP contribution in [0.2, 0.25) is 5.02 Å². The van der Waals surface area contributed by atoms with Gasteiger partial charge in [0, 0.05) is 6.04 Å². The van der Waals surface area contributed by atoms with Crippen molar-refractivity contribution in [3.05, 3.63) is 33.2 Å². The topological polar surface area (TPSA) is 67.2 Å². The monoisotopic (exact) mass is 404 g/mol. The molecule has 1 saturated heterocycles. The Kier molecular flexibility index (Phi) is 5.26. The summed E-state index contributed by atoms with van der Waals surface area (Å²) in [7, 11) is -1.01. The van der Waals surface area contributed by atoms with Crippen molar-refractivity contribution in [3.63, 3.8) is 0 Å². The van der Waals surface area contributed by atoms with Crippen LogP contribution in [0, 0.1) is 3.95 Å².